The van der Waals surface area contributed by atoms with Crippen LogP contribution in [-0.2, 0) is 0 Å². The summed E-state index contributed by atoms with van der Waals surface area (Å²) in [4.78, 5) is 4.15. The number of allylic oxidation sites excluding steroid dienone is 6. The van der Waals surface area contributed by atoms with Gasteiger partial charge in [-0.3, -0.25) is 0 Å². The summed E-state index contributed by atoms with van der Waals surface area (Å²) in [5, 5.41) is 0. The molecule has 1 aliphatic carbocycles. The molecule has 49 valence electrons. The molecule has 2 rings (SSSR count). The fraction of sp³-hybridized carbons (Fsp3) is 0.222. The van der Waals surface area contributed by atoms with Crippen LogP contribution in [0.2, 0.25) is 0 Å². The Morgan fingerprint density at radius 2 is 2.50 bits per heavy atom. The Kier molecular flexibility index (Phi) is 1.10. The van der Waals surface area contributed by atoms with E-state index in [9.17, 15) is 0 Å². The van der Waals surface area contributed by atoms with E-state index >= 15 is 0 Å². The molecule has 0 bridgehead atoms. The maximum absolute atomic E-state index is 4.15. The van der Waals surface area contributed by atoms with Gasteiger partial charge in [-0.2, -0.15) is 0 Å². The standard InChI is InChI=1S/C9H8N/c1-2-9-8-5-3-4-7(8)6-10-9/h3-5H,2H2,1H3. The van der Waals surface area contributed by atoms with Crippen molar-refractivity contribution in [3.05, 3.63) is 35.1 Å². The molecule has 1 heterocycles. The minimum Gasteiger partial charge on any atom is -0.250 e. The van der Waals surface area contributed by atoms with Gasteiger partial charge in [-0.1, -0.05) is 25.2 Å². The molecule has 1 heteroatoms. The molecule has 0 aromatic rings. The summed E-state index contributed by atoms with van der Waals surface area (Å²) in [7, 11) is 0. The minimum absolute atomic E-state index is 1.00. The van der Waals surface area contributed by atoms with Crippen LogP contribution in [0.25, 0.3) is 0 Å². The predicted octanol–water partition coefficient (Wildman–Crippen LogP) is 2.11. The average molecular weight is 130 g/mol. The molecule has 0 saturated heterocycles. The molecule has 1 aliphatic heterocycles. The van der Waals surface area contributed by atoms with Crippen LogP contribution < -0.4 is 0 Å². The minimum atomic E-state index is 1.00. The molecule has 0 saturated carbocycles. The molecule has 0 spiro atoms. The van der Waals surface area contributed by atoms with E-state index in [1.54, 1.807) is 0 Å². The summed E-state index contributed by atoms with van der Waals surface area (Å²) in [5.74, 6) is 0. The highest BCUT2D eigenvalue weighted by Crippen LogP contribution is 2.27. The zero-order chi connectivity index (χ0) is 6.97. The largest absolute Gasteiger partial charge is 0.250 e. The Labute approximate surface area is 60.5 Å². The van der Waals surface area contributed by atoms with Gasteiger partial charge in [0, 0.05) is 16.8 Å². The first-order chi connectivity index (χ1) is 4.92. The lowest BCUT2D eigenvalue weighted by Crippen LogP contribution is -1.78. The summed E-state index contributed by atoms with van der Waals surface area (Å²) in [6, 6.07) is 0. The molecule has 0 aromatic heterocycles. The number of fused-ring (bicyclic) bond motifs is 1. The van der Waals surface area contributed by atoms with Crippen LogP contribution in [0.4, 0.5) is 0 Å². The van der Waals surface area contributed by atoms with Crippen molar-refractivity contribution in [1.82, 2.24) is 0 Å². The molecule has 0 aromatic carbocycles. The summed E-state index contributed by atoms with van der Waals surface area (Å²) < 4.78 is 0. The van der Waals surface area contributed by atoms with Crippen LogP contribution in [0.5, 0.6) is 0 Å². The van der Waals surface area contributed by atoms with E-state index < -0.39 is 0 Å². The van der Waals surface area contributed by atoms with E-state index in [0.29, 0.717) is 0 Å². The molecular weight excluding hydrogens is 122 g/mol. The Bertz CT molecular complexity index is 277. The Hall–Kier alpha value is -1.11. The Morgan fingerprint density at radius 1 is 1.60 bits per heavy atom. The van der Waals surface area contributed by atoms with E-state index in [4.69, 9.17) is 0 Å². The molecular formula is C9H8N. The first-order valence-electron chi connectivity index (χ1n) is 3.50. The predicted molar refractivity (Wildman–Crippen MR) is 42.0 cm³/mol. The summed E-state index contributed by atoms with van der Waals surface area (Å²) in [5.41, 5.74) is 3.58. The zero-order valence-corrected chi connectivity index (χ0v) is 5.89. The molecule has 1 radical (unpaired) electrons. The molecule has 0 N–H and O–H groups in total. The molecule has 0 amide bonds. The van der Waals surface area contributed by atoms with Gasteiger partial charge in [0.25, 0.3) is 0 Å². The van der Waals surface area contributed by atoms with Crippen molar-refractivity contribution in [3.8, 4) is 0 Å². The number of aliphatic imine (C=N–C) groups is 1. The van der Waals surface area contributed by atoms with Gasteiger partial charge in [0.05, 0.1) is 6.21 Å². The maximum Gasteiger partial charge on any atom is 0.0975 e. The van der Waals surface area contributed by atoms with Crippen molar-refractivity contribution in [1.29, 1.82) is 0 Å². The second-order valence-corrected chi connectivity index (χ2v) is 2.38. The monoisotopic (exact) mass is 130 g/mol. The van der Waals surface area contributed by atoms with Gasteiger partial charge in [-0.15, -0.1) is 0 Å². The summed E-state index contributed by atoms with van der Waals surface area (Å²) in [6.45, 7) is 2.11. The molecule has 1 nitrogen and oxygen atoms in total. The van der Waals surface area contributed by atoms with Crippen molar-refractivity contribution in [2.24, 2.45) is 4.99 Å². The van der Waals surface area contributed by atoms with Crippen LogP contribution >= 0.6 is 0 Å². The van der Waals surface area contributed by atoms with Gasteiger partial charge in [0.15, 0.2) is 0 Å². The van der Waals surface area contributed by atoms with E-state index in [1.807, 2.05) is 12.2 Å². The van der Waals surface area contributed by atoms with E-state index in [0.717, 1.165) is 12.0 Å². The topological polar surface area (TPSA) is 12.4 Å². The van der Waals surface area contributed by atoms with Gasteiger partial charge >= 0.3 is 0 Å². The zero-order valence-electron chi connectivity index (χ0n) is 5.89. The lowest BCUT2D eigenvalue weighted by molar-refractivity contribution is 1.07. The second-order valence-electron chi connectivity index (χ2n) is 2.38. The van der Waals surface area contributed by atoms with Crippen LogP contribution in [0.15, 0.2) is 40.1 Å². The maximum atomic E-state index is 4.15. The normalized spacial score (nSPS) is 20.3. The first kappa shape index (κ1) is 5.66. The molecule has 2 aliphatic rings. The third-order valence-electron chi connectivity index (χ3n) is 1.77. The lowest BCUT2D eigenvalue weighted by Gasteiger charge is -1.93. The molecule has 0 fully saturated rings. The summed E-state index contributed by atoms with van der Waals surface area (Å²) in [6.07, 6.45) is 10.2. The Morgan fingerprint density at radius 3 is 3.30 bits per heavy atom. The second kappa shape index (κ2) is 1.94. The van der Waals surface area contributed by atoms with Crippen LogP contribution in [0.3, 0.4) is 0 Å². The molecule has 10 heavy (non-hydrogen) atoms. The van der Waals surface area contributed by atoms with Crippen LogP contribution in [0.1, 0.15) is 13.3 Å². The lowest BCUT2D eigenvalue weighted by atomic mass is 10.1. The fourth-order valence-electron chi connectivity index (χ4n) is 1.23. The fourth-order valence-corrected chi connectivity index (χ4v) is 1.23. The highest BCUT2D eigenvalue weighted by molar-refractivity contribution is 5.92. The van der Waals surface area contributed by atoms with Crippen molar-refractivity contribution < 1.29 is 0 Å². The van der Waals surface area contributed by atoms with Crippen molar-refractivity contribution >= 4 is 6.21 Å². The summed E-state index contributed by atoms with van der Waals surface area (Å²) >= 11 is 0. The van der Waals surface area contributed by atoms with Crippen LogP contribution in [-0.4, -0.2) is 6.21 Å². The molecule has 0 unspecified atom stereocenters. The van der Waals surface area contributed by atoms with E-state index in [1.165, 1.54) is 11.3 Å². The van der Waals surface area contributed by atoms with Gasteiger partial charge < -0.3 is 0 Å². The number of rotatable bonds is 1. The quantitative estimate of drug-likeness (QED) is 0.515. The number of hydrogen-bond donors (Lipinski definition) is 0. The van der Waals surface area contributed by atoms with Gasteiger partial charge in [0.1, 0.15) is 0 Å². The number of nitrogens with zero attached hydrogens (tertiary/aromatic N) is 1. The van der Waals surface area contributed by atoms with Crippen molar-refractivity contribution in [2.45, 2.75) is 13.3 Å². The van der Waals surface area contributed by atoms with Crippen molar-refractivity contribution in [3.63, 3.8) is 0 Å². The van der Waals surface area contributed by atoms with Crippen LogP contribution in [0, 0.1) is 0 Å². The SMILES string of the molecule is CCC1=C2C=CC=C2[C]=N1. The first-order valence-corrected chi connectivity index (χ1v) is 3.50. The van der Waals surface area contributed by atoms with Gasteiger partial charge in [-0.05, 0) is 6.42 Å². The Balaban J connectivity index is 2.49. The van der Waals surface area contributed by atoms with Crippen molar-refractivity contribution in [2.75, 3.05) is 0 Å². The van der Waals surface area contributed by atoms with E-state index in [-0.39, 0.29) is 0 Å². The number of hydrogen-bond acceptors (Lipinski definition) is 1. The van der Waals surface area contributed by atoms with Gasteiger partial charge in [0.2, 0.25) is 0 Å². The van der Waals surface area contributed by atoms with Gasteiger partial charge in [-0.25, -0.2) is 4.99 Å². The third-order valence-corrected chi connectivity index (χ3v) is 1.77. The van der Waals surface area contributed by atoms with E-state index in [2.05, 4.69) is 24.2 Å². The molecule has 0 atom stereocenters. The highest BCUT2D eigenvalue weighted by atomic mass is 14.8. The smallest absolute Gasteiger partial charge is 0.0975 e. The average Bonchev–Trinajstić information content (AvgIpc) is 2.44. The third kappa shape index (κ3) is 0.604. The highest BCUT2D eigenvalue weighted by Gasteiger charge is 2.14.